The number of halogens is 2. The van der Waals surface area contributed by atoms with E-state index in [1.807, 2.05) is 0 Å². The minimum absolute atomic E-state index is 0.126. The quantitative estimate of drug-likeness (QED) is 0.539. The molecule has 27 heavy (non-hydrogen) atoms. The third-order valence-electron chi connectivity index (χ3n) is 3.68. The van der Waals surface area contributed by atoms with Crippen LogP contribution < -0.4 is 5.32 Å². The summed E-state index contributed by atoms with van der Waals surface area (Å²) >= 11 is 1.22. The van der Waals surface area contributed by atoms with Crippen LogP contribution in [0.25, 0.3) is 21.3 Å². The molecule has 4 rings (SSSR count). The summed E-state index contributed by atoms with van der Waals surface area (Å²) in [5, 5.41) is 11.6. The van der Waals surface area contributed by atoms with Crippen LogP contribution in [-0.4, -0.2) is 16.1 Å². The van der Waals surface area contributed by atoms with Crippen molar-refractivity contribution in [3.63, 3.8) is 0 Å². The van der Waals surface area contributed by atoms with Crippen molar-refractivity contribution < 1.29 is 18.0 Å². The van der Waals surface area contributed by atoms with Crippen LogP contribution in [-0.2, 0) is 0 Å². The Balaban J connectivity index is 1.62. The number of nitrogens with one attached hydrogen (secondary N) is 1. The predicted octanol–water partition coefficient (Wildman–Crippen LogP) is 5.00. The second kappa shape index (κ2) is 7.08. The largest absolute Gasteiger partial charge is 0.462 e. The van der Waals surface area contributed by atoms with Crippen molar-refractivity contribution in [1.29, 1.82) is 0 Å². The first-order chi connectivity index (χ1) is 13.1. The molecule has 4 aromatic rings. The molecule has 0 fully saturated rings. The minimum atomic E-state index is -0.668. The number of nitrogens with zero attached hydrogens (tertiary/aromatic N) is 2. The number of hydrogen-bond donors (Lipinski definition) is 1. The van der Waals surface area contributed by atoms with Crippen molar-refractivity contribution in [3.05, 3.63) is 78.1 Å². The molecular formula is C19H11F2N3O2S. The van der Waals surface area contributed by atoms with Crippen molar-refractivity contribution in [3.8, 4) is 21.3 Å². The van der Waals surface area contributed by atoms with Gasteiger partial charge in [-0.05, 0) is 42.5 Å². The molecule has 2 heterocycles. The highest BCUT2D eigenvalue weighted by Gasteiger charge is 2.15. The van der Waals surface area contributed by atoms with E-state index in [-0.39, 0.29) is 11.3 Å². The Bertz CT molecular complexity index is 1110. The Hall–Kier alpha value is -3.39. The molecule has 0 aliphatic rings. The van der Waals surface area contributed by atoms with E-state index >= 15 is 0 Å². The highest BCUT2D eigenvalue weighted by atomic mass is 32.1. The number of benzene rings is 2. The molecule has 2 aromatic heterocycles. The lowest BCUT2D eigenvalue weighted by molar-refractivity contribution is 0.102. The molecule has 1 amide bonds. The fourth-order valence-corrected chi connectivity index (χ4v) is 3.27. The zero-order chi connectivity index (χ0) is 18.8. The Labute approximate surface area is 156 Å². The number of carbonyl (C=O) groups is 1. The smallest absolute Gasteiger partial charge is 0.258 e. The molecule has 0 unspecified atom stereocenters. The standard InChI is InChI=1S/C19H11F2N3O2S/c20-12-8-11(18-23-24-19(27-18)16-6-3-7-26-16)9-13(10-12)22-17(25)14-4-1-2-5-15(14)21/h1-10H,(H,22,25). The van der Waals surface area contributed by atoms with Gasteiger partial charge in [0.2, 0.25) is 0 Å². The minimum Gasteiger partial charge on any atom is -0.462 e. The Kier molecular flexibility index (Phi) is 4.47. The molecule has 0 aliphatic heterocycles. The number of rotatable bonds is 4. The summed E-state index contributed by atoms with van der Waals surface area (Å²) in [4.78, 5) is 12.2. The van der Waals surface area contributed by atoms with Crippen molar-refractivity contribution in [2.45, 2.75) is 0 Å². The topological polar surface area (TPSA) is 68.0 Å². The molecule has 0 saturated heterocycles. The first kappa shape index (κ1) is 17.0. The number of anilines is 1. The van der Waals surface area contributed by atoms with Crippen LogP contribution in [0.2, 0.25) is 0 Å². The van der Waals surface area contributed by atoms with Gasteiger partial charge in [0.15, 0.2) is 10.8 Å². The van der Waals surface area contributed by atoms with E-state index in [0.29, 0.717) is 21.3 Å². The summed E-state index contributed by atoms with van der Waals surface area (Å²) in [7, 11) is 0. The van der Waals surface area contributed by atoms with Crippen LogP contribution in [0.15, 0.2) is 65.3 Å². The Morgan fingerprint density at radius 2 is 1.81 bits per heavy atom. The molecule has 0 aliphatic carbocycles. The van der Waals surface area contributed by atoms with Crippen LogP contribution in [0.3, 0.4) is 0 Å². The molecular weight excluding hydrogens is 372 g/mol. The third-order valence-corrected chi connectivity index (χ3v) is 4.66. The van der Waals surface area contributed by atoms with Gasteiger partial charge >= 0.3 is 0 Å². The van der Waals surface area contributed by atoms with Gasteiger partial charge in [-0.1, -0.05) is 23.5 Å². The van der Waals surface area contributed by atoms with E-state index in [0.717, 1.165) is 6.07 Å². The van der Waals surface area contributed by atoms with E-state index in [1.54, 1.807) is 24.3 Å². The summed E-state index contributed by atoms with van der Waals surface area (Å²) in [5.74, 6) is -1.33. The summed E-state index contributed by atoms with van der Waals surface area (Å²) < 4.78 is 33.1. The number of amides is 1. The van der Waals surface area contributed by atoms with E-state index in [2.05, 4.69) is 15.5 Å². The normalized spacial score (nSPS) is 10.7. The molecule has 8 heteroatoms. The van der Waals surface area contributed by atoms with Gasteiger partial charge in [0.05, 0.1) is 11.8 Å². The van der Waals surface area contributed by atoms with Gasteiger partial charge in [-0.2, -0.15) is 0 Å². The third kappa shape index (κ3) is 3.61. The van der Waals surface area contributed by atoms with Gasteiger partial charge in [-0.15, -0.1) is 10.2 Å². The monoisotopic (exact) mass is 383 g/mol. The van der Waals surface area contributed by atoms with Crippen molar-refractivity contribution >= 4 is 22.9 Å². The first-order valence-electron chi connectivity index (χ1n) is 7.84. The molecule has 1 N–H and O–H groups in total. The van der Waals surface area contributed by atoms with E-state index < -0.39 is 17.5 Å². The average Bonchev–Trinajstić information content (AvgIpc) is 3.33. The number of carbonyl (C=O) groups excluding carboxylic acids is 1. The number of hydrogen-bond acceptors (Lipinski definition) is 5. The van der Waals surface area contributed by atoms with E-state index in [1.165, 1.54) is 41.9 Å². The Morgan fingerprint density at radius 1 is 1.00 bits per heavy atom. The highest BCUT2D eigenvalue weighted by molar-refractivity contribution is 7.17. The van der Waals surface area contributed by atoms with Gasteiger partial charge < -0.3 is 9.73 Å². The molecule has 0 atom stereocenters. The van der Waals surface area contributed by atoms with E-state index in [4.69, 9.17) is 4.42 Å². The van der Waals surface area contributed by atoms with Crippen LogP contribution in [0.1, 0.15) is 10.4 Å². The fraction of sp³-hybridized carbons (Fsp3) is 0. The zero-order valence-electron chi connectivity index (χ0n) is 13.6. The summed E-state index contributed by atoms with van der Waals surface area (Å²) in [6.45, 7) is 0. The predicted molar refractivity (Wildman–Crippen MR) is 97.4 cm³/mol. The summed E-state index contributed by atoms with van der Waals surface area (Å²) in [6, 6.07) is 13.0. The van der Waals surface area contributed by atoms with Crippen LogP contribution in [0.4, 0.5) is 14.5 Å². The molecule has 0 saturated carbocycles. The summed E-state index contributed by atoms with van der Waals surface area (Å²) in [5.41, 5.74) is 0.501. The van der Waals surface area contributed by atoms with Crippen molar-refractivity contribution in [1.82, 2.24) is 10.2 Å². The fourth-order valence-electron chi connectivity index (χ4n) is 2.47. The molecule has 0 spiro atoms. The lowest BCUT2D eigenvalue weighted by atomic mass is 10.1. The summed E-state index contributed by atoms with van der Waals surface area (Å²) in [6.07, 6.45) is 1.52. The average molecular weight is 383 g/mol. The first-order valence-corrected chi connectivity index (χ1v) is 8.66. The number of aromatic nitrogens is 2. The highest BCUT2D eigenvalue weighted by Crippen LogP contribution is 2.32. The van der Waals surface area contributed by atoms with Crippen LogP contribution >= 0.6 is 11.3 Å². The second-order valence-corrected chi connectivity index (χ2v) is 6.53. The van der Waals surface area contributed by atoms with Gasteiger partial charge in [-0.25, -0.2) is 8.78 Å². The SMILES string of the molecule is O=C(Nc1cc(F)cc(-c2nnc(-c3ccco3)s2)c1)c1ccccc1F. The zero-order valence-corrected chi connectivity index (χ0v) is 14.5. The lowest BCUT2D eigenvalue weighted by Crippen LogP contribution is -2.13. The molecule has 5 nitrogen and oxygen atoms in total. The lowest BCUT2D eigenvalue weighted by Gasteiger charge is -2.07. The van der Waals surface area contributed by atoms with Crippen molar-refractivity contribution in [2.24, 2.45) is 0 Å². The van der Waals surface area contributed by atoms with Crippen molar-refractivity contribution in [2.75, 3.05) is 5.32 Å². The van der Waals surface area contributed by atoms with Gasteiger partial charge in [0.1, 0.15) is 16.6 Å². The second-order valence-electron chi connectivity index (χ2n) is 5.55. The molecule has 2 aromatic carbocycles. The van der Waals surface area contributed by atoms with Crippen LogP contribution in [0, 0.1) is 11.6 Å². The Morgan fingerprint density at radius 3 is 2.59 bits per heavy atom. The molecule has 0 radical (unpaired) electrons. The maximum absolute atomic E-state index is 14.0. The molecule has 0 bridgehead atoms. The number of furan rings is 1. The molecule has 134 valence electrons. The van der Waals surface area contributed by atoms with Gasteiger partial charge in [-0.3, -0.25) is 4.79 Å². The van der Waals surface area contributed by atoms with Gasteiger partial charge in [0.25, 0.3) is 5.91 Å². The van der Waals surface area contributed by atoms with Gasteiger partial charge in [0, 0.05) is 11.3 Å². The van der Waals surface area contributed by atoms with E-state index in [9.17, 15) is 13.6 Å². The maximum Gasteiger partial charge on any atom is 0.258 e. The maximum atomic E-state index is 14.0. The van der Waals surface area contributed by atoms with Crippen LogP contribution in [0.5, 0.6) is 0 Å².